The highest BCUT2D eigenvalue weighted by molar-refractivity contribution is 4.78. The van der Waals surface area contributed by atoms with Crippen LogP contribution in [-0.4, -0.2) is 38.5 Å². The summed E-state index contributed by atoms with van der Waals surface area (Å²) in [5.74, 6) is 0. The third-order valence-corrected chi connectivity index (χ3v) is 2.37. The van der Waals surface area contributed by atoms with Crippen LogP contribution in [0.25, 0.3) is 0 Å². The minimum Gasteiger partial charge on any atom is -0.373 e. The normalized spacial score (nSPS) is 39.3. The van der Waals surface area contributed by atoms with Gasteiger partial charge >= 0.3 is 0 Å². The van der Waals surface area contributed by atoms with Crippen molar-refractivity contribution in [1.82, 2.24) is 5.32 Å². The Kier molecular flexibility index (Phi) is 2.41. The van der Waals surface area contributed by atoms with Crippen molar-refractivity contribution >= 4 is 0 Å². The van der Waals surface area contributed by atoms with E-state index in [-0.39, 0.29) is 0 Å². The van der Waals surface area contributed by atoms with Crippen molar-refractivity contribution in [3.05, 3.63) is 0 Å². The lowest BCUT2D eigenvalue weighted by molar-refractivity contribution is -0.139. The van der Waals surface area contributed by atoms with Gasteiger partial charge in [-0.2, -0.15) is 0 Å². The molecule has 0 amide bonds. The summed E-state index contributed by atoms with van der Waals surface area (Å²) in [6.07, 6.45) is 2.92. The molecule has 2 atom stereocenters. The van der Waals surface area contributed by atoms with Crippen LogP contribution in [0.2, 0.25) is 0 Å². The van der Waals surface area contributed by atoms with E-state index in [2.05, 4.69) is 5.32 Å². The second-order valence-electron chi connectivity index (χ2n) is 3.15. The fourth-order valence-electron chi connectivity index (χ4n) is 1.77. The summed E-state index contributed by atoms with van der Waals surface area (Å²) in [5.41, 5.74) is 0. The van der Waals surface area contributed by atoms with E-state index in [0.717, 1.165) is 39.1 Å². The Morgan fingerprint density at radius 2 is 1.45 bits per heavy atom. The van der Waals surface area contributed by atoms with Crippen molar-refractivity contribution in [2.75, 3.05) is 26.3 Å². The van der Waals surface area contributed by atoms with Crippen LogP contribution < -0.4 is 5.32 Å². The molecule has 3 nitrogen and oxygen atoms in total. The van der Waals surface area contributed by atoms with Gasteiger partial charge < -0.3 is 14.8 Å². The SMILES string of the molecule is C1C[C@@H]2OCCO[C@H]2CCN1. The first-order valence-corrected chi connectivity index (χ1v) is 4.41. The Bertz CT molecular complexity index is 115. The zero-order valence-corrected chi connectivity index (χ0v) is 6.71. The van der Waals surface area contributed by atoms with Crippen molar-refractivity contribution in [3.63, 3.8) is 0 Å². The number of rotatable bonds is 0. The van der Waals surface area contributed by atoms with E-state index in [1.165, 1.54) is 0 Å². The molecule has 0 unspecified atom stereocenters. The van der Waals surface area contributed by atoms with E-state index in [1.54, 1.807) is 0 Å². The lowest BCUT2D eigenvalue weighted by Crippen LogP contribution is -2.38. The molecule has 64 valence electrons. The van der Waals surface area contributed by atoms with E-state index < -0.39 is 0 Å². The predicted octanol–water partition coefficient (Wildman–Crippen LogP) is 0.154. The number of ether oxygens (including phenoxy) is 2. The molecule has 11 heavy (non-hydrogen) atoms. The van der Waals surface area contributed by atoms with Gasteiger partial charge in [-0.25, -0.2) is 0 Å². The Hall–Kier alpha value is -0.120. The minimum absolute atomic E-state index is 0.360. The predicted molar refractivity (Wildman–Crippen MR) is 41.6 cm³/mol. The highest BCUT2D eigenvalue weighted by atomic mass is 16.6. The number of hydrogen-bond donors (Lipinski definition) is 1. The molecule has 0 aromatic carbocycles. The summed E-state index contributed by atoms with van der Waals surface area (Å²) >= 11 is 0. The second-order valence-corrected chi connectivity index (χ2v) is 3.15. The van der Waals surface area contributed by atoms with Crippen LogP contribution >= 0.6 is 0 Å². The molecule has 0 spiro atoms. The molecule has 0 radical (unpaired) electrons. The molecular formula is C8H15NO2. The Morgan fingerprint density at radius 1 is 0.909 bits per heavy atom. The average Bonchev–Trinajstić information content (AvgIpc) is 2.28. The number of nitrogens with one attached hydrogen (secondary N) is 1. The first kappa shape index (κ1) is 7.53. The summed E-state index contributed by atoms with van der Waals surface area (Å²) < 4.78 is 11.2. The van der Waals surface area contributed by atoms with Crippen molar-refractivity contribution < 1.29 is 9.47 Å². The summed E-state index contributed by atoms with van der Waals surface area (Å²) in [4.78, 5) is 0. The lowest BCUT2D eigenvalue weighted by atomic mass is 10.1. The van der Waals surface area contributed by atoms with Gasteiger partial charge in [0.15, 0.2) is 0 Å². The Morgan fingerprint density at radius 3 is 2.00 bits per heavy atom. The van der Waals surface area contributed by atoms with Crippen LogP contribution in [0.3, 0.4) is 0 Å². The molecule has 2 saturated heterocycles. The molecule has 0 aromatic heterocycles. The average molecular weight is 157 g/mol. The maximum absolute atomic E-state index is 5.60. The quantitative estimate of drug-likeness (QED) is 0.543. The molecule has 1 N–H and O–H groups in total. The van der Waals surface area contributed by atoms with Gasteiger partial charge in [-0.15, -0.1) is 0 Å². The molecule has 2 heterocycles. The maximum Gasteiger partial charge on any atom is 0.0850 e. The largest absolute Gasteiger partial charge is 0.373 e. The molecule has 2 aliphatic rings. The number of fused-ring (bicyclic) bond motifs is 1. The molecule has 0 aliphatic carbocycles. The van der Waals surface area contributed by atoms with Crippen molar-refractivity contribution in [3.8, 4) is 0 Å². The van der Waals surface area contributed by atoms with Crippen LogP contribution in [-0.2, 0) is 9.47 Å². The van der Waals surface area contributed by atoms with Gasteiger partial charge in [0.05, 0.1) is 25.4 Å². The molecule has 2 rings (SSSR count). The van der Waals surface area contributed by atoms with Gasteiger partial charge in [-0.05, 0) is 25.9 Å². The van der Waals surface area contributed by atoms with Gasteiger partial charge in [0.2, 0.25) is 0 Å². The zero-order valence-electron chi connectivity index (χ0n) is 6.71. The van der Waals surface area contributed by atoms with Gasteiger partial charge in [0.25, 0.3) is 0 Å². The molecule has 2 fully saturated rings. The third-order valence-electron chi connectivity index (χ3n) is 2.37. The fourth-order valence-corrected chi connectivity index (χ4v) is 1.77. The summed E-state index contributed by atoms with van der Waals surface area (Å²) in [5, 5.41) is 3.34. The van der Waals surface area contributed by atoms with E-state index in [4.69, 9.17) is 9.47 Å². The van der Waals surface area contributed by atoms with Crippen molar-refractivity contribution in [2.45, 2.75) is 25.0 Å². The second kappa shape index (κ2) is 3.52. The first-order valence-electron chi connectivity index (χ1n) is 4.41. The van der Waals surface area contributed by atoms with Crippen LogP contribution in [0.4, 0.5) is 0 Å². The molecule has 0 aromatic rings. The number of hydrogen-bond acceptors (Lipinski definition) is 3. The van der Waals surface area contributed by atoms with Gasteiger partial charge in [-0.1, -0.05) is 0 Å². The van der Waals surface area contributed by atoms with E-state index in [1.807, 2.05) is 0 Å². The molecule has 0 saturated carbocycles. The van der Waals surface area contributed by atoms with Crippen molar-refractivity contribution in [2.24, 2.45) is 0 Å². The Labute approximate surface area is 67.1 Å². The third kappa shape index (κ3) is 1.72. The summed E-state index contributed by atoms with van der Waals surface area (Å²) in [6.45, 7) is 3.71. The maximum atomic E-state index is 5.60. The Balaban J connectivity index is 1.93. The highest BCUT2D eigenvalue weighted by Gasteiger charge is 2.27. The summed E-state index contributed by atoms with van der Waals surface area (Å²) in [7, 11) is 0. The standard InChI is InChI=1S/C8H15NO2/c1-3-9-4-2-8-7(1)10-5-6-11-8/h7-9H,1-6H2/t7-,8-/m0/s1. The summed E-state index contributed by atoms with van der Waals surface area (Å²) in [6, 6.07) is 0. The van der Waals surface area contributed by atoms with Crippen LogP contribution in [0.1, 0.15) is 12.8 Å². The van der Waals surface area contributed by atoms with E-state index in [0.29, 0.717) is 12.2 Å². The highest BCUT2D eigenvalue weighted by Crippen LogP contribution is 2.17. The van der Waals surface area contributed by atoms with Gasteiger partial charge in [0, 0.05) is 0 Å². The smallest absolute Gasteiger partial charge is 0.0850 e. The van der Waals surface area contributed by atoms with Crippen molar-refractivity contribution in [1.29, 1.82) is 0 Å². The molecule has 3 heteroatoms. The molecule has 0 bridgehead atoms. The first-order chi connectivity index (χ1) is 5.47. The van der Waals surface area contributed by atoms with Gasteiger partial charge in [-0.3, -0.25) is 0 Å². The van der Waals surface area contributed by atoms with Gasteiger partial charge in [0.1, 0.15) is 0 Å². The minimum atomic E-state index is 0.360. The van der Waals surface area contributed by atoms with Crippen LogP contribution in [0.5, 0.6) is 0 Å². The topological polar surface area (TPSA) is 30.5 Å². The molecular weight excluding hydrogens is 142 g/mol. The lowest BCUT2D eigenvalue weighted by Gasteiger charge is -2.29. The van der Waals surface area contributed by atoms with E-state index in [9.17, 15) is 0 Å². The monoisotopic (exact) mass is 157 g/mol. The fraction of sp³-hybridized carbons (Fsp3) is 1.00. The zero-order chi connectivity index (χ0) is 7.52. The van der Waals surface area contributed by atoms with E-state index >= 15 is 0 Å². The van der Waals surface area contributed by atoms with Crippen LogP contribution in [0.15, 0.2) is 0 Å². The molecule has 2 aliphatic heterocycles. The van der Waals surface area contributed by atoms with Crippen LogP contribution in [0, 0.1) is 0 Å².